The van der Waals surface area contributed by atoms with Crippen LogP contribution in [0.2, 0.25) is 0 Å². The van der Waals surface area contributed by atoms with Gasteiger partial charge in [0.15, 0.2) is 5.79 Å². The Balaban J connectivity index is 1.90. The lowest BCUT2D eigenvalue weighted by atomic mass is 10.0. The fourth-order valence-corrected chi connectivity index (χ4v) is 2.12. The van der Waals surface area contributed by atoms with Gasteiger partial charge >= 0.3 is 0 Å². The molecule has 1 amide bonds. The fourth-order valence-electron chi connectivity index (χ4n) is 2.12. The summed E-state index contributed by atoms with van der Waals surface area (Å²) in [4.78, 5) is 13.3. The molecule has 0 saturated carbocycles. The monoisotopic (exact) mass is 227 g/mol. The lowest BCUT2D eigenvalue weighted by Gasteiger charge is -2.37. The van der Waals surface area contributed by atoms with Crippen molar-refractivity contribution in [3.05, 3.63) is 11.8 Å². The highest BCUT2D eigenvalue weighted by atomic mass is 16.7. The van der Waals surface area contributed by atoms with Crippen LogP contribution in [-0.2, 0) is 14.3 Å². The summed E-state index contributed by atoms with van der Waals surface area (Å²) in [6, 6.07) is 0. The van der Waals surface area contributed by atoms with E-state index in [0.717, 1.165) is 0 Å². The highest BCUT2D eigenvalue weighted by Gasteiger charge is 2.40. The molecule has 2 aliphatic heterocycles. The van der Waals surface area contributed by atoms with E-state index in [1.54, 1.807) is 4.90 Å². The van der Waals surface area contributed by atoms with Gasteiger partial charge in [-0.3, -0.25) is 4.79 Å². The second-order valence-corrected chi connectivity index (χ2v) is 4.22. The normalized spacial score (nSPS) is 25.1. The minimum atomic E-state index is -0.450. The van der Waals surface area contributed by atoms with Gasteiger partial charge in [-0.25, -0.2) is 0 Å². The van der Waals surface area contributed by atoms with E-state index < -0.39 is 5.79 Å². The summed E-state index contributed by atoms with van der Waals surface area (Å²) < 4.78 is 11.1. The SMILES string of the molecule is C/C(O)=C/C(=O)N1CCC2(CC1)OCCO2. The van der Waals surface area contributed by atoms with Crippen LogP contribution in [0.4, 0.5) is 0 Å². The number of hydrogen-bond donors (Lipinski definition) is 1. The zero-order chi connectivity index (χ0) is 11.6. The topological polar surface area (TPSA) is 59.0 Å². The molecular weight excluding hydrogens is 210 g/mol. The first kappa shape index (κ1) is 11.4. The summed E-state index contributed by atoms with van der Waals surface area (Å²) in [6.07, 6.45) is 2.66. The zero-order valence-electron chi connectivity index (χ0n) is 9.44. The van der Waals surface area contributed by atoms with Crippen molar-refractivity contribution in [3.8, 4) is 0 Å². The molecule has 5 heteroatoms. The van der Waals surface area contributed by atoms with Crippen LogP contribution >= 0.6 is 0 Å². The van der Waals surface area contributed by atoms with Crippen LogP contribution in [0.3, 0.4) is 0 Å². The Kier molecular flexibility index (Phi) is 3.16. The number of nitrogens with zero attached hydrogens (tertiary/aromatic N) is 1. The van der Waals surface area contributed by atoms with Crippen molar-refractivity contribution in [1.29, 1.82) is 0 Å². The van der Waals surface area contributed by atoms with Crippen LogP contribution < -0.4 is 0 Å². The summed E-state index contributed by atoms with van der Waals surface area (Å²) in [5, 5.41) is 9.02. The molecule has 2 aliphatic rings. The lowest BCUT2D eigenvalue weighted by molar-refractivity contribution is -0.186. The molecule has 5 nitrogen and oxygen atoms in total. The zero-order valence-corrected chi connectivity index (χ0v) is 9.44. The molecule has 2 fully saturated rings. The average Bonchev–Trinajstić information content (AvgIpc) is 2.66. The van der Waals surface area contributed by atoms with E-state index >= 15 is 0 Å². The number of aliphatic hydroxyl groups excluding tert-OH is 1. The third-order valence-corrected chi connectivity index (χ3v) is 2.98. The fraction of sp³-hybridized carbons (Fsp3) is 0.727. The average molecular weight is 227 g/mol. The quantitative estimate of drug-likeness (QED) is 0.532. The molecular formula is C11H17NO4. The third kappa shape index (κ3) is 2.36. The molecule has 16 heavy (non-hydrogen) atoms. The molecule has 0 aromatic heterocycles. The molecule has 0 aromatic carbocycles. The van der Waals surface area contributed by atoms with Crippen LogP contribution in [-0.4, -0.2) is 48.0 Å². The highest BCUT2D eigenvalue weighted by Crippen LogP contribution is 2.31. The smallest absolute Gasteiger partial charge is 0.249 e. The number of amides is 1. The Bertz CT molecular complexity index is 293. The Labute approximate surface area is 94.6 Å². The number of allylic oxidation sites excluding steroid dienone is 1. The number of carbonyl (C=O) groups excluding carboxylic acids is 1. The van der Waals surface area contributed by atoms with E-state index in [1.807, 2.05) is 0 Å². The van der Waals surface area contributed by atoms with Crippen molar-refractivity contribution < 1.29 is 19.4 Å². The summed E-state index contributed by atoms with van der Waals surface area (Å²) in [7, 11) is 0. The second kappa shape index (κ2) is 4.43. The molecule has 2 heterocycles. The van der Waals surface area contributed by atoms with Crippen LogP contribution in [0.15, 0.2) is 11.8 Å². The van der Waals surface area contributed by atoms with Gasteiger partial charge in [0.05, 0.1) is 19.0 Å². The Hall–Kier alpha value is -1.07. The largest absolute Gasteiger partial charge is 0.512 e. The van der Waals surface area contributed by atoms with Crippen LogP contribution in [0, 0.1) is 0 Å². The van der Waals surface area contributed by atoms with Gasteiger partial charge < -0.3 is 19.5 Å². The summed E-state index contributed by atoms with van der Waals surface area (Å²) in [6.45, 7) is 4.00. The van der Waals surface area contributed by atoms with E-state index in [0.29, 0.717) is 39.1 Å². The van der Waals surface area contributed by atoms with Gasteiger partial charge in [-0.1, -0.05) is 0 Å². The Morgan fingerprint density at radius 2 is 1.88 bits per heavy atom. The summed E-state index contributed by atoms with van der Waals surface area (Å²) in [5.74, 6) is -0.555. The van der Waals surface area contributed by atoms with Crippen LogP contribution in [0.5, 0.6) is 0 Å². The summed E-state index contributed by atoms with van der Waals surface area (Å²) in [5.41, 5.74) is 0. The number of likely N-dealkylation sites (tertiary alicyclic amines) is 1. The predicted molar refractivity (Wildman–Crippen MR) is 56.8 cm³/mol. The Morgan fingerprint density at radius 1 is 1.31 bits per heavy atom. The van der Waals surface area contributed by atoms with E-state index in [4.69, 9.17) is 14.6 Å². The standard InChI is InChI=1S/C11H17NO4/c1-9(13)8-10(14)12-4-2-11(3-5-12)15-6-7-16-11/h8,13H,2-7H2,1H3/b9-8-. The van der Waals surface area contributed by atoms with E-state index in [9.17, 15) is 4.79 Å². The van der Waals surface area contributed by atoms with Crippen LogP contribution in [0.1, 0.15) is 19.8 Å². The first-order chi connectivity index (χ1) is 7.61. The first-order valence-electron chi connectivity index (χ1n) is 5.55. The van der Waals surface area contributed by atoms with Crippen molar-refractivity contribution in [2.24, 2.45) is 0 Å². The predicted octanol–water partition coefficient (Wildman–Crippen LogP) is 0.814. The minimum absolute atomic E-state index is 0.0404. The Morgan fingerprint density at radius 3 is 2.38 bits per heavy atom. The van der Waals surface area contributed by atoms with E-state index in [2.05, 4.69) is 0 Å². The number of piperidine rings is 1. The molecule has 0 aromatic rings. The maximum absolute atomic E-state index is 11.6. The van der Waals surface area contributed by atoms with Gasteiger partial charge in [0, 0.05) is 32.0 Å². The molecule has 2 saturated heterocycles. The number of hydrogen-bond acceptors (Lipinski definition) is 4. The third-order valence-electron chi connectivity index (χ3n) is 2.98. The van der Waals surface area contributed by atoms with Crippen molar-refractivity contribution in [2.75, 3.05) is 26.3 Å². The molecule has 0 unspecified atom stereocenters. The minimum Gasteiger partial charge on any atom is -0.512 e. The molecule has 2 rings (SSSR count). The number of rotatable bonds is 1. The van der Waals surface area contributed by atoms with Crippen molar-refractivity contribution in [2.45, 2.75) is 25.6 Å². The van der Waals surface area contributed by atoms with Crippen molar-refractivity contribution in [1.82, 2.24) is 4.90 Å². The first-order valence-corrected chi connectivity index (χ1v) is 5.55. The lowest BCUT2D eigenvalue weighted by Crippen LogP contribution is -2.46. The maximum Gasteiger partial charge on any atom is 0.249 e. The molecule has 0 radical (unpaired) electrons. The van der Waals surface area contributed by atoms with Crippen molar-refractivity contribution >= 4 is 5.91 Å². The van der Waals surface area contributed by atoms with Gasteiger partial charge in [0.2, 0.25) is 5.91 Å². The molecule has 1 N–H and O–H groups in total. The van der Waals surface area contributed by atoms with Crippen LogP contribution in [0.25, 0.3) is 0 Å². The number of ether oxygens (including phenoxy) is 2. The van der Waals surface area contributed by atoms with Gasteiger partial charge in [-0.2, -0.15) is 0 Å². The van der Waals surface area contributed by atoms with Crippen molar-refractivity contribution in [3.63, 3.8) is 0 Å². The van der Waals surface area contributed by atoms with E-state index in [1.165, 1.54) is 13.0 Å². The summed E-state index contributed by atoms with van der Waals surface area (Å²) >= 11 is 0. The van der Waals surface area contributed by atoms with Gasteiger partial charge in [-0.15, -0.1) is 0 Å². The number of aliphatic hydroxyl groups is 1. The van der Waals surface area contributed by atoms with Gasteiger partial charge in [-0.05, 0) is 6.92 Å². The molecule has 1 spiro atoms. The van der Waals surface area contributed by atoms with Gasteiger partial charge in [0.25, 0.3) is 0 Å². The number of carbonyl (C=O) groups is 1. The molecule has 0 aliphatic carbocycles. The molecule has 0 atom stereocenters. The van der Waals surface area contributed by atoms with E-state index in [-0.39, 0.29) is 11.7 Å². The second-order valence-electron chi connectivity index (χ2n) is 4.22. The molecule has 90 valence electrons. The van der Waals surface area contributed by atoms with Gasteiger partial charge in [0.1, 0.15) is 0 Å². The highest BCUT2D eigenvalue weighted by molar-refractivity contribution is 5.87. The maximum atomic E-state index is 11.6. The molecule has 0 bridgehead atoms.